The summed E-state index contributed by atoms with van der Waals surface area (Å²) >= 11 is 12.3. The smallest absolute Gasteiger partial charge is 0.256 e. The zero-order chi connectivity index (χ0) is 22.7. The van der Waals surface area contributed by atoms with E-state index < -0.39 is 0 Å². The van der Waals surface area contributed by atoms with Crippen LogP contribution in [0.1, 0.15) is 15.9 Å². The van der Waals surface area contributed by atoms with Crippen LogP contribution in [-0.4, -0.2) is 22.6 Å². The lowest BCUT2D eigenvalue weighted by molar-refractivity contribution is -0.113. The summed E-state index contributed by atoms with van der Waals surface area (Å²) in [5.41, 5.74) is 3.73. The van der Waals surface area contributed by atoms with Crippen LogP contribution in [0, 0.1) is 6.92 Å². The van der Waals surface area contributed by atoms with Crippen LogP contribution in [-0.2, 0) is 4.79 Å². The Hall–Kier alpha value is -2.39. The van der Waals surface area contributed by atoms with Crippen LogP contribution in [0.5, 0.6) is 0 Å². The highest BCUT2D eigenvalue weighted by atomic mass is 79.9. The molecule has 0 saturated carbocycles. The van der Waals surface area contributed by atoms with Crippen LogP contribution >= 0.6 is 50.6 Å². The molecule has 0 atom stereocenters. The third-order valence-corrected chi connectivity index (χ3v) is 7.63. The minimum atomic E-state index is -0.191. The van der Waals surface area contributed by atoms with E-state index >= 15 is 0 Å². The number of benzene rings is 3. The van der Waals surface area contributed by atoms with Gasteiger partial charge in [-0.1, -0.05) is 41.6 Å². The van der Waals surface area contributed by atoms with Crippen LogP contribution in [0.15, 0.2) is 69.5 Å². The number of rotatable bonds is 6. The second-order valence-corrected chi connectivity index (χ2v) is 10.4. The van der Waals surface area contributed by atoms with Crippen molar-refractivity contribution < 1.29 is 9.59 Å². The van der Waals surface area contributed by atoms with Crippen LogP contribution in [0.4, 0.5) is 11.4 Å². The number of aromatic nitrogens is 1. The van der Waals surface area contributed by atoms with Crippen LogP contribution in [0.25, 0.3) is 10.2 Å². The van der Waals surface area contributed by atoms with Gasteiger partial charge >= 0.3 is 0 Å². The molecule has 1 aromatic heterocycles. The maximum Gasteiger partial charge on any atom is 0.256 e. The number of carbonyl (C=O) groups is 2. The summed E-state index contributed by atoms with van der Waals surface area (Å²) in [6.45, 7) is 1.92. The molecule has 4 rings (SSSR count). The molecule has 162 valence electrons. The third-order valence-electron chi connectivity index (χ3n) is 4.55. The maximum atomic E-state index is 12.5. The summed E-state index contributed by atoms with van der Waals surface area (Å²) in [4.78, 5) is 29.5. The molecule has 0 bridgehead atoms. The number of carbonyl (C=O) groups excluding carboxylic acids is 2. The van der Waals surface area contributed by atoms with Gasteiger partial charge in [-0.25, -0.2) is 4.98 Å². The molecule has 0 aliphatic carbocycles. The van der Waals surface area contributed by atoms with Gasteiger partial charge in [0.1, 0.15) is 0 Å². The average Bonchev–Trinajstić information content (AvgIpc) is 3.17. The SMILES string of the molecule is Cc1ccc(Cl)cc1NC(=O)CSc1nc2ccc(NC(=O)c3ccccc3Br)cc2s1. The molecular weight excluding hydrogens is 530 g/mol. The highest BCUT2D eigenvalue weighted by Crippen LogP contribution is 2.32. The summed E-state index contributed by atoms with van der Waals surface area (Å²) in [5.74, 6) is -0.0813. The molecule has 0 fully saturated rings. The van der Waals surface area contributed by atoms with Crippen LogP contribution < -0.4 is 10.6 Å². The fourth-order valence-corrected chi connectivity index (χ4v) is 5.47. The van der Waals surface area contributed by atoms with E-state index in [1.54, 1.807) is 18.2 Å². The van der Waals surface area contributed by atoms with E-state index in [9.17, 15) is 9.59 Å². The molecule has 0 saturated heterocycles. The van der Waals surface area contributed by atoms with Gasteiger partial charge in [-0.2, -0.15) is 0 Å². The summed E-state index contributed by atoms with van der Waals surface area (Å²) in [5, 5.41) is 6.38. The van der Waals surface area contributed by atoms with Crippen LogP contribution in [0.3, 0.4) is 0 Å². The van der Waals surface area contributed by atoms with Crippen LogP contribution in [0.2, 0.25) is 5.02 Å². The molecule has 3 aromatic carbocycles. The van der Waals surface area contributed by atoms with Crippen molar-refractivity contribution in [2.75, 3.05) is 16.4 Å². The molecule has 2 amide bonds. The zero-order valence-electron chi connectivity index (χ0n) is 16.8. The average molecular weight is 547 g/mol. The van der Waals surface area contributed by atoms with E-state index in [4.69, 9.17) is 11.6 Å². The summed E-state index contributed by atoms with van der Waals surface area (Å²) < 4.78 is 2.46. The predicted octanol–water partition coefficient (Wildman–Crippen LogP) is 7.00. The van der Waals surface area contributed by atoms with Crippen molar-refractivity contribution in [1.82, 2.24) is 4.98 Å². The Balaban J connectivity index is 1.40. The number of nitrogens with zero attached hydrogens (tertiary/aromatic N) is 1. The Morgan fingerprint density at radius 3 is 2.72 bits per heavy atom. The van der Waals surface area contributed by atoms with Gasteiger partial charge in [0.25, 0.3) is 5.91 Å². The molecule has 32 heavy (non-hydrogen) atoms. The summed E-state index contributed by atoms with van der Waals surface area (Å²) in [7, 11) is 0. The van der Waals surface area contributed by atoms with Crippen molar-refractivity contribution in [2.45, 2.75) is 11.3 Å². The molecule has 9 heteroatoms. The maximum absolute atomic E-state index is 12.5. The zero-order valence-corrected chi connectivity index (χ0v) is 20.8. The van der Waals surface area contributed by atoms with E-state index in [2.05, 4.69) is 31.5 Å². The van der Waals surface area contributed by atoms with Gasteiger partial charge in [0.15, 0.2) is 4.34 Å². The Morgan fingerprint density at radius 1 is 1.09 bits per heavy atom. The Kier molecular flexibility index (Phi) is 7.15. The third kappa shape index (κ3) is 5.50. The van der Waals surface area contributed by atoms with Crippen molar-refractivity contribution >= 4 is 84.0 Å². The van der Waals surface area contributed by atoms with Crippen molar-refractivity contribution in [1.29, 1.82) is 0 Å². The first-order valence-corrected chi connectivity index (χ1v) is 12.5. The predicted molar refractivity (Wildman–Crippen MR) is 137 cm³/mol. The van der Waals surface area contributed by atoms with Crippen molar-refractivity contribution in [2.24, 2.45) is 0 Å². The summed E-state index contributed by atoms with van der Waals surface area (Å²) in [6, 6.07) is 18.2. The molecule has 0 unspecified atom stereocenters. The number of thiazole rings is 1. The largest absolute Gasteiger partial charge is 0.325 e. The molecule has 0 aliphatic heterocycles. The molecule has 0 radical (unpaired) electrons. The van der Waals surface area contributed by atoms with Gasteiger partial charge < -0.3 is 10.6 Å². The van der Waals surface area contributed by atoms with Gasteiger partial charge in [-0.3, -0.25) is 9.59 Å². The number of anilines is 2. The molecule has 2 N–H and O–H groups in total. The lowest BCUT2D eigenvalue weighted by Crippen LogP contribution is -2.14. The van der Waals surface area contributed by atoms with E-state index in [-0.39, 0.29) is 17.6 Å². The van der Waals surface area contributed by atoms with E-state index in [0.29, 0.717) is 22.0 Å². The first-order valence-electron chi connectivity index (χ1n) is 9.54. The number of hydrogen-bond donors (Lipinski definition) is 2. The highest BCUT2D eigenvalue weighted by Gasteiger charge is 2.12. The molecule has 5 nitrogen and oxygen atoms in total. The molecule has 4 aromatic rings. The van der Waals surface area contributed by atoms with Gasteiger partial charge in [0.2, 0.25) is 5.91 Å². The molecule has 1 heterocycles. The monoisotopic (exact) mass is 545 g/mol. The minimum absolute atomic E-state index is 0.124. The summed E-state index contributed by atoms with van der Waals surface area (Å²) in [6.07, 6.45) is 0. The first-order chi connectivity index (χ1) is 15.4. The number of hydrogen-bond acceptors (Lipinski definition) is 5. The lowest BCUT2D eigenvalue weighted by Gasteiger charge is -2.08. The van der Waals surface area contributed by atoms with Gasteiger partial charge in [0.05, 0.1) is 21.5 Å². The van der Waals surface area contributed by atoms with E-state index in [1.165, 1.54) is 23.1 Å². The van der Waals surface area contributed by atoms with Gasteiger partial charge in [-0.15, -0.1) is 11.3 Å². The van der Waals surface area contributed by atoms with Crippen molar-refractivity contribution in [3.8, 4) is 0 Å². The number of thioether (sulfide) groups is 1. The standard InChI is InChI=1S/C23H17BrClN3O2S2/c1-13-6-7-14(25)10-19(13)27-21(29)12-31-23-28-18-9-8-15(11-20(18)32-23)26-22(30)16-4-2-3-5-17(16)24/h2-11H,12H2,1H3,(H,26,30)(H,27,29). The van der Waals surface area contributed by atoms with Gasteiger partial charge in [-0.05, 0) is 70.9 Å². The second-order valence-electron chi connectivity index (χ2n) is 6.89. The van der Waals surface area contributed by atoms with Gasteiger partial charge in [0, 0.05) is 20.9 Å². The van der Waals surface area contributed by atoms with E-state index in [1.807, 2.05) is 49.4 Å². The Bertz CT molecular complexity index is 1330. The number of nitrogens with one attached hydrogen (secondary N) is 2. The minimum Gasteiger partial charge on any atom is -0.325 e. The first kappa shape index (κ1) is 22.8. The fourth-order valence-electron chi connectivity index (χ4n) is 2.93. The normalized spacial score (nSPS) is 10.8. The Labute approximate surface area is 206 Å². The number of halogens is 2. The topological polar surface area (TPSA) is 71.1 Å². The molecular formula is C23H17BrClN3O2S2. The highest BCUT2D eigenvalue weighted by molar-refractivity contribution is 9.10. The molecule has 0 aliphatic rings. The van der Waals surface area contributed by atoms with Crippen molar-refractivity contribution in [3.05, 3.63) is 81.3 Å². The second kappa shape index (κ2) is 10.0. The number of amides is 2. The lowest BCUT2D eigenvalue weighted by atomic mass is 10.2. The van der Waals surface area contributed by atoms with Crippen molar-refractivity contribution in [3.63, 3.8) is 0 Å². The number of fused-ring (bicyclic) bond motifs is 1. The Morgan fingerprint density at radius 2 is 1.91 bits per heavy atom. The quantitative estimate of drug-likeness (QED) is 0.255. The fraction of sp³-hybridized carbons (Fsp3) is 0.0870. The molecule has 0 spiro atoms. The van der Waals surface area contributed by atoms with E-state index in [0.717, 1.165) is 24.6 Å². The number of aryl methyl sites for hydroxylation is 1.